The number of rotatable bonds is 4. The normalized spacial score (nSPS) is 26.0. The molecule has 1 saturated heterocycles. The molecule has 0 aromatic heterocycles. The molecule has 0 atom stereocenters. The second kappa shape index (κ2) is 4.24. The summed E-state index contributed by atoms with van der Waals surface area (Å²) in [6, 6.07) is 0.884. The van der Waals surface area contributed by atoms with Crippen LogP contribution >= 0.6 is 0 Å². The molecule has 2 fully saturated rings. The van der Waals surface area contributed by atoms with Crippen molar-refractivity contribution in [2.24, 2.45) is 0 Å². The summed E-state index contributed by atoms with van der Waals surface area (Å²) in [5, 5.41) is 3.56. The molecular weight excluding hydrogens is 148 g/mol. The Morgan fingerprint density at radius 2 is 1.83 bits per heavy atom. The van der Waals surface area contributed by atoms with Gasteiger partial charge in [0.15, 0.2) is 0 Å². The summed E-state index contributed by atoms with van der Waals surface area (Å²) in [6.45, 7) is 5.17. The first-order valence-corrected chi connectivity index (χ1v) is 5.41. The zero-order chi connectivity index (χ0) is 8.23. The van der Waals surface area contributed by atoms with E-state index in [-0.39, 0.29) is 0 Å². The Kier molecular flexibility index (Phi) is 3.01. The SMILES string of the molecule is C1CCN(CCNC2CC2)CC1. The highest BCUT2D eigenvalue weighted by Crippen LogP contribution is 2.18. The molecule has 0 aromatic carbocycles. The highest BCUT2D eigenvalue weighted by Gasteiger charge is 2.20. The quantitative estimate of drug-likeness (QED) is 0.679. The van der Waals surface area contributed by atoms with Crippen LogP contribution in [0, 0.1) is 0 Å². The summed E-state index contributed by atoms with van der Waals surface area (Å²) >= 11 is 0. The van der Waals surface area contributed by atoms with Crippen molar-refractivity contribution < 1.29 is 0 Å². The molecule has 0 bridgehead atoms. The monoisotopic (exact) mass is 168 g/mol. The minimum Gasteiger partial charge on any atom is -0.313 e. The second-order valence-electron chi connectivity index (χ2n) is 4.13. The highest BCUT2D eigenvalue weighted by atomic mass is 15.1. The lowest BCUT2D eigenvalue weighted by Gasteiger charge is -2.26. The van der Waals surface area contributed by atoms with E-state index in [1.54, 1.807) is 0 Å². The Morgan fingerprint density at radius 1 is 1.08 bits per heavy atom. The van der Waals surface area contributed by atoms with Gasteiger partial charge in [0.05, 0.1) is 0 Å². The van der Waals surface area contributed by atoms with E-state index < -0.39 is 0 Å². The third-order valence-corrected chi connectivity index (χ3v) is 2.89. The minimum atomic E-state index is 0.884. The van der Waals surface area contributed by atoms with Crippen LogP contribution in [0.15, 0.2) is 0 Å². The summed E-state index contributed by atoms with van der Waals surface area (Å²) in [6.07, 6.45) is 7.12. The fourth-order valence-electron chi connectivity index (χ4n) is 1.90. The molecule has 70 valence electrons. The molecule has 2 rings (SSSR count). The topological polar surface area (TPSA) is 15.3 Å². The summed E-state index contributed by atoms with van der Waals surface area (Å²) in [5.41, 5.74) is 0. The van der Waals surface area contributed by atoms with Crippen LogP contribution < -0.4 is 5.32 Å². The van der Waals surface area contributed by atoms with Gasteiger partial charge in [-0.15, -0.1) is 0 Å². The van der Waals surface area contributed by atoms with Gasteiger partial charge in [0.25, 0.3) is 0 Å². The van der Waals surface area contributed by atoms with Crippen LogP contribution in [0.3, 0.4) is 0 Å². The fourth-order valence-corrected chi connectivity index (χ4v) is 1.90. The van der Waals surface area contributed by atoms with Crippen LogP contribution in [0.4, 0.5) is 0 Å². The Balaban J connectivity index is 1.52. The van der Waals surface area contributed by atoms with E-state index in [0.29, 0.717) is 0 Å². The van der Waals surface area contributed by atoms with Gasteiger partial charge in [-0.1, -0.05) is 6.42 Å². The number of nitrogens with one attached hydrogen (secondary N) is 1. The second-order valence-corrected chi connectivity index (χ2v) is 4.13. The van der Waals surface area contributed by atoms with Crippen LogP contribution in [-0.2, 0) is 0 Å². The summed E-state index contributed by atoms with van der Waals surface area (Å²) in [5.74, 6) is 0. The third-order valence-electron chi connectivity index (χ3n) is 2.89. The van der Waals surface area contributed by atoms with Gasteiger partial charge in [0.2, 0.25) is 0 Å². The average Bonchev–Trinajstić information content (AvgIpc) is 2.90. The molecule has 1 N–H and O–H groups in total. The first kappa shape index (κ1) is 8.52. The first-order valence-electron chi connectivity index (χ1n) is 5.41. The predicted molar refractivity (Wildman–Crippen MR) is 51.3 cm³/mol. The van der Waals surface area contributed by atoms with E-state index in [0.717, 1.165) is 6.04 Å². The van der Waals surface area contributed by atoms with Crippen molar-refractivity contribution in [1.29, 1.82) is 0 Å². The molecule has 12 heavy (non-hydrogen) atoms. The maximum atomic E-state index is 3.56. The number of nitrogens with zero attached hydrogens (tertiary/aromatic N) is 1. The lowest BCUT2D eigenvalue weighted by molar-refractivity contribution is 0.229. The van der Waals surface area contributed by atoms with Crippen molar-refractivity contribution in [3.8, 4) is 0 Å². The van der Waals surface area contributed by atoms with Gasteiger partial charge >= 0.3 is 0 Å². The fraction of sp³-hybridized carbons (Fsp3) is 1.00. The zero-order valence-electron chi connectivity index (χ0n) is 7.89. The molecule has 2 nitrogen and oxygen atoms in total. The number of hydrogen-bond acceptors (Lipinski definition) is 2. The average molecular weight is 168 g/mol. The Morgan fingerprint density at radius 3 is 2.50 bits per heavy atom. The largest absolute Gasteiger partial charge is 0.313 e. The lowest BCUT2D eigenvalue weighted by atomic mass is 10.1. The molecule has 1 aliphatic carbocycles. The highest BCUT2D eigenvalue weighted by molar-refractivity contribution is 4.81. The van der Waals surface area contributed by atoms with E-state index in [4.69, 9.17) is 0 Å². The van der Waals surface area contributed by atoms with Gasteiger partial charge in [-0.25, -0.2) is 0 Å². The van der Waals surface area contributed by atoms with E-state index in [1.807, 2.05) is 0 Å². The molecule has 2 heteroatoms. The number of piperidine rings is 1. The van der Waals surface area contributed by atoms with Crippen molar-refractivity contribution in [2.45, 2.75) is 38.1 Å². The van der Waals surface area contributed by atoms with Gasteiger partial charge in [0.1, 0.15) is 0 Å². The minimum absolute atomic E-state index is 0.884. The molecule has 0 aromatic rings. The van der Waals surface area contributed by atoms with Gasteiger partial charge in [-0.05, 0) is 38.8 Å². The molecule has 1 aliphatic heterocycles. The molecule has 0 unspecified atom stereocenters. The maximum absolute atomic E-state index is 3.56. The summed E-state index contributed by atoms with van der Waals surface area (Å²) in [7, 11) is 0. The van der Waals surface area contributed by atoms with E-state index in [9.17, 15) is 0 Å². The molecule has 2 aliphatic rings. The van der Waals surface area contributed by atoms with Crippen LogP contribution in [0.5, 0.6) is 0 Å². The third kappa shape index (κ3) is 2.76. The predicted octanol–water partition coefficient (Wildman–Crippen LogP) is 1.22. The first-order chi connectivity index (χ1) is 5.95. The van der Waals surface area contributed by atoms with Gasteiger partial charge in [-0.3, -0.25) is 0 Å². The smallest absolute Gasteiger partial charge is 0.0107 e. The standard InChI is InChI=1S/C10H20N2/c1-2-7-12(8-3-1)9-6-11-10-4-5-10/h10-11H,1-9H2. The zero-order valence-corrected chi connectivity index (χ0v) is 7.89. The van der Waals surface area contributed by atoms with E-state index in [2.05, 4.69) is 10.2 Å². The summed E-state index contributed by atoms with van der Waals surface area (Å²) in [4.78, 5) is 2.60. The van der Waals surface area contributed by atoms with Crippen molar-refractivity contribution in [3.63, 3.8) is 0 Å². The Bertz CT molecular complexity index is 126. The lowest BCUT2D eigenvalue weighted by Crippen LogP contribution is -2.36. The van der Waals surface area contributed by atoms with Gasteiger partial charge < -0.3 is 10.2 Å². The Hall–Kier alpha value is -0.0800. The molecular formula is C10H20N2. The van der Waals surface area contributed by atoms with E-state index >= 15 is 0 Å². The van der Waals surface area contributed by atoms with Crippen LogP contribution in [-0.4, -0.2) is 37.1 Å². The molecule has 0 radical (unpaired) electrons. The molecule has 0 spiro atoms. The summed E-state index contributed by atoms with van der Waals surface area (Å²) < 4.78 is 0. The van der Waals surface area contributed by atoms with Crippen LogP contribution in [0.25, 0.3) is 0 Å². The molecule has 1 heterocycles. The van der Waals surface area contributed by atoms with Crippen molar-refractivity contribution >= 4 is 0 Å². The van der Waals surface area contributed by atoms with Crippen LogP contribution in [0.2, 0.25) is 0 Å². The van der Waals surface area contributed by atoms with E-state index in [1.165, 1.54) is 58.3 Å². The number of likely N-dealkylation sites (tertiary alicyclic amines) is 1. The molecule has 1 saturated carbocycles. The van der Waals surface area contributed by atoms with Gasteiger partial charge in [-0.2, -0.15) is 0 Å². The van der Waals surface area contributed by atoms with Gasteiger partial charge in [0, 0.05) is 19.1 Å². The Labute approximate surface area is 75.3 Å². The van der Waals surface area contributed by atoms with Crippen molar-refractivity contribution in [3.05, 3.63) is 0 Å². The van der Waals surface area contributed by atoms with Crippen molar-refractivity contribution in [2.75, 3.05) is 26.2 Å². The maximum Gasteiger partial charge on any atom is 0.0107 e. The molecule has 0 amide bonds. The van der Waals surface area contributed by atoms with Crippen LogP contribution in [0.1, 0.15) is 32.1 Å². The van der Waals surface area contributed by atoms with Crippen molar-refractivity contribution in [1.82, 2.24) is 10.2 Å². The number of hydrogen-bond donors (Lipinski definition) is 1.